The van der Waals surface area contributed by atoms with Gasteiger partial charge in [0.2, 0.25) is 5.91 Å². The van der Waals surface area contributed by atoms with Crippen molar-refractivity contribution in [3.63, 3.8) is 0 Å². The van der Waals surface area contributed by atoms with Gasteiger partial charge in [0.05, 0.1) is 0 Å². The average molecular weight is 265 g/mol. The molecule has 0 bridgehead atoms. The van der Waals surface area contributed by atoms with Gasteiger partial charge in [0.1, 0.15) is 6.54 Å². The fourth-order valence-corrected chi connectivity index (χ4v) is 2.56. The maximum absolute atomic E-state index is 12.2. The Hall–Kier alpha value is -1.85. The highest BCUT2D eigenvalue weighted by Gasteiger charge is 2.25. The molecule has 1 aromatic heterocycles. The van der Waals surface area contributed by atoms with E-state index in [2.05, 4.69) is 11.9 Å². The van der Waals surface area contributed by atoms with E-state index in [4.69, 9.17) is 0 Å². The lowest BCUT2D eigenvalue weighted by molar-refractivity contribution is -0.135. The van der Waals surface area contributed by atoms with E-state index in [1.54, 1.807) is 0 Å². The first-order valence-electron chi connectivity index (χ1n) is 6.71. The lowest BCUT2D eigenvalue weighted by Gasteiger charge is -2.35. The van der Waals surface area contributed by atoms with Gasteiger partial charge >= 0.3 is 5.69 Å². The predicted molar refractivity (Wildman–Crippen MR) is 71.0 cm³/mol. The second-order valence-electron chi connectivity index (χ2n) is 4.88. The van der Waals surface area contributed by atoms with Crippen molar-refractivity contribution in [1.29, 1.82) is 0 Å². The maximum Gasteiger partial charge on any atom is 0.328 e. The quantitative estimate of drug-likeness (QED) is 0.855. The molecule has 0 aliphatic carbocycles. The van der Waals surface area contributed by atoms with Gasteiger partial charge < -0.3 is 4.90 Å². The van der Waals surface area contributed by atoms with Crippen LogP contribution >= 0.6 is 0 Å². The van der Waals surface area contributed by atoms with E-state index in [-0.39, 0.29) is 18.5 Å². The van der Waals surface area contributed by atoms with E-state index < -0.39 is 11.2 Å². The Morgan fingerprint density at radius 2 is 2.21 bits per heavy atom. The van der Waals surface area contributed by atoms with E-state index in [0.29, 0.717) is 0 Å². The number of nitrogens with zero attached hydrogens (tertiary/aromatic N) is 2. The summed E-state index contributed by atoms with van der Waals surface area (Å²) in [7, 11) is 0. The molecular weight excluding hydrogens is 246 g/mol. The molecule has 0 aromatic carbocycles. The van der Waals surface area contributed by atoms with Crippen molar-refractivity contribution in [3.8, 4) is 0 Å². The van der Waals surface area contributed by atoms with E-state index in [9.17, 15) is 14.4 Å². The molecule has 1 N–H and O–H groups in total. The highest BCUT2D eigenvalue weighted by atomic mass is 16.2. The Morgan fingerprint density at radius 1 is 1.42 bits per heavy atom. The molecule has 0 radical (unpaired) electrons. The van der Waals surface area contributed by atoms with E-state index >= 15 is 0 Å². The van der Waals surface area contributed by atoms with Crippen LogP contribution in [0.4, 0.5) is 0 Å². The summed E-state index contributed by atoms with van der Waals surface area (Å²) >= 11 is 0. The third kappa shape index (κ3) is 3.13. The van der Waals surface area contributed by atoms with Crippen molar-refractivity contribution in [2.45, 2.75) is 45.2 Å². The number of nitrogens with one attached hydrogen (secondary N) is 1. The first-order chi connectivity index (χ1) is 9.11. The number of amides is 1. The summed E-state index contributed by atoms with van der Waals surface area (Å²) in [4.78, 5) is 38.8. The number of piperidine rings is 1. The maximum atomic E-state index is 12.2. The van der Waals surface area contributed by atoms with Crippen molar-refractivity contribution < 1.29 is 4.79 Å². The van der Waals surface area contributed by atoms with Crippen molar-refractivity contribution in [2.24, 2.45) is 0 Å². The van der Waals surface area contributed by atoms with Crippen LogP contribution in [0.1, 0.15) is 32.6 Å². The van der Waals surface area contributed by atoms with Crippen molar-refractivity contribution in [1.82, 2.24) is 14.5 Å². The molecule has 1 aliphatic rings. The van der Waals surface area contributed by atoms with E-state index in [1.165, 1.54) is 16.8 Å². The number of carbonyl (C=O) groups is 1. The minimum absolute atomic E-state index is 0.00782. The molecule has 0 saturated carbocycles. The molecular formula is C13H19N3O3. The van der Waals surface area contributed by atoms with Crippen LogP contribution in [0, 0.1) is 0 Å². The molecule has 1 unspecified atom stereocenters. The molecule has 1 amide bonds. The molecule has 6 nitrogen and oxygen atoms in total. The number of hydrogen-bond donors (Lipinski definition) is 1. The number of aromatic nitrogens is 2. The molecule has 2 rings (SSSR count). The first kappa shape index (κ1) is 13.6. The van der Waals surface area contributed by atoms with Crippen LogP contribution < -0.4 is 11.2 Å². The minimum atomic E-state index is -0.536. The third-order valence-electron chi connectivity index (χ3n) is 3.62. The average Bonchev–Trinajstić information content (AvgIpc) is 2.41. The lowest BCUT2D eigenvalue weighted by atomic mass is 10.00. The number of likely N-dealkylation sites (tertiary alicyclic amines) is 1. The summed E-state index contributed by atoms with van der Waals surface area (Å²) < 4.78 is 1.24. The summed E-state index contributed by atoms with van der Waals surface area (Å²) in [6.07, 6.45) is 5.50. The van der Waals surface area contributed by atoms with Crippen molar-refractivity contribution in [2.75, 3.05) is 6.54 Å². The van der Waals surface area contributed by atoms with Crippen LogP contribution in [0.3, 0.4) is 0 Å². The summed E-state index contributed by atoms with van der Waals surface area (Å²) in [5.41, 5.74) is -0.982. The molecule has 1 aromatic rings. The van der Waals surface area contributed by atoms with Crippen LogP contribution in [-0.4, -0.2) is 32.9 Å². The van der Waals surface area contributed by atoms with Gasteiger partial charge in [0.25, 0.3) is 5.56 Å². The molecule has 104 valence electrons. The fraction of sp³-hybridized carbons (Fsp3) is 0.615. The third-order valence-corrected chi connectivity index (χ3v) is 3.62. The topological polar surface area (TPSA) is 75.2 Å². The van der Waals surface area contributed by atoms with Gasteiger partial charge in [-0.1, -0.05) is 6.92 Å². The molecule has 0 spiro atoms. The molecule has 1 saturated heterocycles. The van der Waals surface area contributed by atoms with Crippen LogP contribution in [0.15, 0.2) is 21.9 Å². The van der Waals surface area contributed by atoms with Gasteiger partial charge in [0, 0.05) is 24.8 Å². The Morgan fingerprint density at radius 3 is 2.89 bits per heavy atom. The molecule has 19 heavy (non-hydrogen) atoms. The number of carbonyl (C=O) groups excluding carboxylic acids is 1. The minimum Gasteiger partial charge on any atom is -0.338 e. The number of H-pyrrole nitrogens is 1. The second-order valence-corrected chi connectivity index (χ2v) is 4.88. The predicted octanol–water partition coefficient (Wildman–Crippen LogP) is 0.328. The van der Waals surface area contributed by atoms with Gasteiger partial charge in [-0.3, -0.25) is 19.1 Å². The van der Waals surface area contributed by atoms with E-state index in [0.717, 1.165) is 32.2 Å². The lowest BCUT2D eigenvalue weighted by Crippen LogP contribution is -2.46. The normalized spacial score (nSPS) is 19.4. The fourth-order valence-electron chi connectivity index (χ4n) is 2.56. The molecule has 2 heterocycles. The van der Waals surface area contributed by atoms with Gasteiger partial charge in [0.15, 0.2) is 0 Å². The molecule has 6 heteroatoms. The second kappa shape index (κ2) is 5.86. The van der Waals surface area contributed by atoms with Crippen LogP contribution in [0.2, 0.25) is 0 Å². The summed E-state index contributed by atoms with van der Waals surface area (Å²) in [5.74, 6) is -0.0549. The highest BCUT2D eigenvalue weighted by molar-refractivity contribution is 5.76. The molecule has 1 aliphatic heterocycles. The van der Waals surface area contributed by atoms with Gasteiger partial charge in [-0.05, 0) is 25.7 Å². The Kier molecular flexibility index (Phi) is 4.19. The Balaban J connectivity index is 2.11. The standard InChI is InChI=1S/C13H19N3O3/c1-2-10-5-3-4-7-16(10)12(18)9-15-8-6-11(17)14-13(15)19/h6,8,10H,2-5,7,9H2,1H3,(H,14,17,19). The number of rotatable bonds is 3. The SMILES string of the molecule is CCC1CCCCN1C(=O)Cn1ccc(=O)[nH]c1=O. The van der Waals surface area contributed by atoms with Gasteiger partial charge in [-0.15, -0.1) is 0 Å². The van der Waals surface area contributed by atoms with Crippen molar-refractivity contribution in [3.05, 3.63) is 33.1 Å². The van der Waals surface area contributed by atoms with Gasteiger partial charge in [-0.2, -0.15) is 0 Å². The first-order valence-corrected chi connectivity index (χ1v) is 6.71. The van der Waals surface area contributed by atoms with Gasteiger partial charge in [-0.25, -0.2) is 4.79 Å². The smallest absolute Gasteiger partial charge is 0.328 e. The van der Waals surface area contributed by atoms with E-state index in [1.807, 2.05) is 4.90 Å². The Labute approximate surface area is 111 Å². The zero-order valence-corrected chi connectivity index (χ0v) is 11.1. The van der Waals surface area contributed by atoms with Crippen LogP contribution in [0.25, 0.3) is 0 Å². The summed E-state index contributed by atoms with van der Waals surface area (Å²) in [5, 5.41) is 0. The summed E-state index contributed by atoms with van der Waals surface area (Å²) in [6, 6.07) is 1.53. The molecule has 1 atom stereocenters. The van der Waals surface area contributed by atoms with Crippen LogP contribution in [-0.2, 0) is 11.3 Å². The number of aromatic amines is 1. The monoisotopic (exact) mass is 265 g/mol. The largest absolute Gasteiger partial charge is 0.338 e. The van der Waals surface area contributed by atoms with Crippen molar-refractivity contribution >= 4 is 5.91 Å². The summed E-state index contributed by atoms with van der Waals surface area (Å²) in [6.45, 7) is 2.82. The zero-order valence-electron chi connectivity index (χ0n) is 11.1. The molecule has 1 fully saturated rings. The Bertz CT molecular complexity index is 561. The zero-order chi connectivity index (χ0) is 13.8. The van der Waals surface area contributed by atoms with Crippen LogP contribution in [0.5, 0.6) is 0 Å². The highest BCUT2D eigenvalue weighted by Crippen LogP contribution is 2.19. The number of hydrogen-bond acceptors (Lipinski definition) is 3.